The lowest BCUT2D eigenvalue weighted by molar-refractivity contribution is 0.687. The second kappa shape index (κ2) is 6.16. The molecule has 0 N–H and O–H groups in total. The Kier molecular flexibility index (Phi) is 3.71. The zero-order chi connectivity index (χ0) is 16.4. The highest BCUT2D eigenvalue weighted by Crippen LogP contribution is 2.20. The van der Waals surface area contributed by atoms with Gasteiger partial charge < -0.3 is 0 Å². The zero-order valence-corrected chi connectivity index (χ0v) is 13.5. The van der Waals surface area contributed by atoms with E-state index in [2.05, 4.69) is 59.7 Å². The maximum Gasteiger partial charge on any atom is 0.0659 e. The second-order valence-electron chi connectivity index (χ2n) is 5.92. The Morgan fingerprint density at radius 1 is 0.792 bits per heavy atom. The molecule has 4 heteroatoms. The van der Waals surface area contributed by atoms with Gasteiger partial charge in [-0.1, -0.05) is 48.0 Å². The van der Waals surface area contributed by atoms with Crippen LogP contribution in [0.15, 0.2) is 79.4 Å². The molecule has 0 amide bonds. The lowest BCUT2D eigenvalue weighted by atomic mass is 10.2. The fourth-order valence-electron chi connectivity index (χ4n) is 2.68. The van der Waals surface area contributed by atoms with Crippen LogP contribution < -0.4 is 0 Å². The molecular weight excluding hydrogens is 296 g/mol. The summed E-state index contributed by atoms with van der Waals surface area (Å²) in [7, 11) is 0. The van der Waals surface area contributed by atoms with Crippen molar-refractivity contribution in [3.05, 3.63) is 90.5 Å². The van der Waals surface area contributed by atoms with Gasteiger partial charge in [-0.3, -0.25) is 4.68 Å². The minimum atomic E-state index is 0.771. The van der Waals surface area contributed by atoms with Crippen molar-refractivity contribution in [1.29, 1.82) is 0 Å². The second-order valence-corrected chi connectivity index (χ2v) is 5.92. The van der Waals surface area contributed by atoms with Gasteiger partial charge in [0.2, 0.25) is 0 Å². The number of benzene rings is 2. The van der Waals surface area contributed by atoms with Crippen LogP contribution in [0.2, 0.25) is 0 Å². The van der Waals surface area contributed by atoms with E-state index in [1.807, 2.05) is 46.2 Å². The Morgan fingerprint density at radius 3 is 2.29 bits per heavy atom. The summed E-state index contributed by atoms with van der Waals surface area (Å²) in [6.07, 6.45) is 7.86. The molecule has 0 saturated heterocycles. The van der Waals surface area contributed by atoms with Crippen LogP contribution in [-0.4, -0.2) is 19.6 Å². The van der Waals surface area contributed by atoms with Crippen LogP contribution in [0.25, 0.3) is 16.8 Å². The molecule has 118 valence electrons. The molecule has 0 aliphatic heterocycles. The largest absolute Gasteiger partial charge is 0.268 e. The van der Waals surface area contributed by atoms with E-state index in [9.17, 15) is 0 Å². The number of aryl methyl sites for hydroxylation is 1. The fraction of sp³-hybridized carbons (Fsp3) is 0.100. The molecule has 0 fully saturated rings. The van der Waals surface area contributed by atoms with Crippen molar-refractivity contribution in [1.82, 2.24) is 19.6 Å². The smallest absolute Gasteiger partial charge is 0.0659 e. The van der Waals surface area contributed by atoms with Gasteiger partial charge in [-0.25, -0.2) is 4.68 Å². The number of nitrogens with zero attached hydrogens (tertiary/aromatic N) is 4. The molecule has 4 rings (SSSR count). The number of aromatic nitrogens is 4. The van der Waals surface area contributed by atoms with Crippen molar-refractivity contribution >= 4 is 0 Å². The Labute approximate surface area is 141 Å². The number of hydrogen-bond donors (Lipinski definition) is 0. The molecule has 0 aliphatic rings. The molecule has 0 aliphatic carbocycles. The summed E-state index contributed by atoms with van der Waals surface area (Å²) in [5.41, 5.74) is 5.68. The first kappa shape index (κ1) is 14.5. The van der Waals surface area contributed by atoms with Crippen molar-refractivity contribution in [2.24, 2.45) is 0 Å². The molecule has 2 heterocycles. The Bertz CT molecular complexity index is 933. The van der Waals surface area contributed by atoms with Crippen LogP contribution in [0.4, 0.5) is 0 Å². The quantitative estimate of drug-likeness (QED) is 0.569. The van der Waals surface area contributed by atoms with Gasteiger partial charge in [0, 0.05) is 23.5 Å². The number of hydrogen-bond acceptors (Lipinski definition) is 2. The predicted octanol–water partition coefficient (Wildman–Crippen LogP) is 4.09. The third-order valence-corrected chi connectivity index (χ3v) is 4.04. The van der Waals surface area contributed by atoms with E-state index in [1.165, 1.54) is 11.1 Å². The molecular formula is C20H18N4. The third kappa shape index (κ3) is 2.99. The summed E-state index contributed by atoms with van der Waals surface area (Å²) in [4.78, 5) is 0. The summed E-state index contributed by atoms with van der Waals surface area (Å²) in [5, 5.41) is 8.93. The van der Waals surface area contributed by atoms with Gasteiger partial charge in [0.1, 0.15) is 0 Å². The van der Waals surface area contributed by atoms with Crippen molar-refractivity contribution < 1.29 is 0 Å². The molecule has 2 aromatic carbocycles. The monoisotopic (exact) mass is 314 g/mol. The van der Waals surface area contributed by atoms with Crippen LogP contribution in [0.3, 0.4) is 0 Å². The van der Waals surface area contributed by atoms with Crippen LogP contribution in [-0.2, 0) is 6.54 Å². The van der Waals surface area contributed by atoms with Gasteiger partial charge in [-0.05, 0) is 24.6 Å². The molecule has 0 bridgehead atoms. The van der Waals surface area contributed by atoms with Crippen molar-refractivity contribution in [2.45, 2.75) is 13.5 Å². The maximum absolute atomic E-state index is 4.47. The van der Waals surface area contributed by atoms with E-state index in [1.54, 1.807) is 0 Å². The van der Waals surface area contributed by atoms with E-state index < -0.39 is 0 Å². The van der Waals surface area contributed by atoms with Crippen molar-refractivity contribution in [3.8, 4) is 16.8 Å². The van der Waals surface area contributed by atoms with Gasteiger partial charge in [0.25, 0.3) is 0 Å². The highest BCUT2D eigenvalue weighted by molar-refractivity contribution is 5.60. The molecule has 4 aromatic rings. The molecule has 0 unspecified atom stereocenters. The topological polar surface area (TPSA) is 35.6 Å². The Hall–Kier alpha value is -3.14. The highest BCUT2D eigenvalue weighted by atomic mass is 15.3. The summed E-state index contributed by atoms with van der Waals surface area (Å²) < 4.78 is 3.84. The number of rotatable bonds is 4. The molecule has 0 spiro atoms. The van der Waals surface area contributed by atoms with Gasteiger partial charge in [-0.2, -0.15) is 10.2 Å². The van der Waals surface area contributed by atoms with Gasteiger partial charge in [0.05, 0.1) is 24.6 Å². The third-order valence-electron chi connectivity index (χ3n) is 4.04. The van der Waals surface area contributed by atoms with Crippen molar-refractivity contribution in [2.75, 3.05) is 0 Å². The SMILES string of the molecule is Cc1ccc(-n2cc(-c3cnn(Cc4ccccc4)c3)cn2)cc1. The van der Waals surface area contributed by atoms with E-state index in [4.69, 9.17) is 0 Å². The highest BCUT2D eigenvalue weighted by Gasteiger charge is 2.06. The van der Waals surface area contributed by atoms with E-state index >= 15 is 0 Å². The summed E-state index contributed by atoms with van der Waals surface area (Å²) in [5.74, 6) is 0. The van der Waals surface area contributed by atoms with Crippen LogP contribution in [0, 0.1) is 6.92 Å². The van der Waals surface area contributed by atoms with Crippen molar-refractivity contribution in [3.63, 3.8) is 0 Å². The predicted molar refractivity (Wildman–Crippen MR) is 95.1 cm³/mol. The minimum absolute atomic E-state index is 0.771. The first-order valence-corrected chi connectivity index (χ1v) is 7.96. The van der Waals surface area contributed by atoms with E-state index in [0.29, 0.717) is 0 Å². The molecule has 0 atom stereocenters. The maximum atomic E-state index is 4.47. The lowest BCUT2D eigenvalue weighted by Gasteiger charge is -2.01. The van der Waals surface area contributed by atoms with Gasteiger partial charge >= 0.3 is 0 Å². The molecule has 2 aromatic heterocycles. The summed E-state index contributed by atoms with van der Waals surface area (Å²) in [6, 6.07) is 18.7. The average Bonchev–Trinajstić information content (AvgIpc) is 3.26. The molecule has 0 saturated carbocycles. The normalized spacial score (nSPS) is 10.9. The summed E-state index contributed by atoms with van der Waals surface area (Å²) in [6.45, 7) is 2.85. The first-order valence-electron chi connectivity index (χ1n) is 7.96. The lowest BCUT2D eigenvalue weighted by Crippen LogP contribution is -1.99. The van der Waals surface area contributed by atoms with Crippen LogP contribution in [0.5, 0.6) is 0 Å². The summed E-state index contributed by atoms with van der Waals surface area (Å²) >= 11 is 0. The molecule has 24 heavy (non-hydrogen) atoms. The Morgan fingerprint density at radius 2 is 1.50 bits per heavy atom. The van der Waals surface area contributed by atoms with Gasteiger partial charge in [0.15, 0.2) is 0 Å². The fourth-order valence-corrected chi connectivity index (χ4v) is 2.68. The van der Waals surface area contributed by atoms with Crippen LogP contribution in [0.1, 0.15) is 11.1 Å². The standard InChI is InChI=1S/C20H18N4/c1-16-7-9-20(10-8-16)24-15-19(12-22-24)18-11-21-23(14-18)13-17-5-3-2-4-6-17/h2-12,14-15H,13H2,1H3. The van der Waals surface area contributed by atoms with Crippen LogP contribution >= 0.6 is 0 Å². The Balaban J connectivity index is 1.56. The zero-order valence-electron chi connectivity index (χ0n) is 13.5. The average molecular weight is 314 g/mol. The molecule has 4 nitrogen and oxygen atoms in total. The minimum Gasteiger partial charge on any atom is -0.268 e. The van der Waals surface area contributed by atoms with E-state index in [-0.39, 0.29) is 0 Å². The van der Waals surface area contributed by atoms with Gasteiger partial charge in [-0.15, -0.1) is 0 Å². The van der Waals surface area contributed by atoms with E-state index in [0.717, 1.165) is 23.4 Å². The molecule has 0 radical (unpaired) electrons. The first-order chi connectivity index (χ1) is 11.8.